The Morgan fingerprint density at radius 3 is 2.57 bits per heavy atom. The van der Waals surface area contributed by atoms with Crippen molar-refractivity contribution in [3.8, 4) is 0 Å². The van der Waals surface area contributed by atoms with E-state index in [1.54, 1.807) is 0 Å². The van der Waals surface area contributed by atoms with E-state index >= 15 is 0 Å². The predicted molar refractivity (Wildman–Crippen MR) is 62.7 cm³/mol. The zero-order chi connectivity index (χ0) is 10.4. The summed E-state index contributed by atoms with van der Waals surface area (Å²) in [5.74, 6) is 0. The van der Waals surface area contributed by atoms with Crippen molar-refractivity contribution < 1.29 is 0 Å². The third-order valence-corrected chi connectivity index (χ3v) is 2.70. The van der Waals surface area contributed by atoms with Gasteiger partial charge in [0.15, 0.2) is 0 Å². The Bertz CT molecular complexity index is 269. The van der Waals surface area contributed by atoms with Gasteiger partial charge in [0.25, 0.3) is 0 Å². The fourth-order valence-electron chi connectivity index (χ4n) is 1.49. The molecule has 0 spiro atoms. The maximum Gasteiger partial charge on any atom is 0.0409 e. The van der Waals surface area contributed by atoms with E-state index in [0.717, 1.165) is 11.6 Å². The Morgan fingerprint density at radius 1 is 1.29 bits per heavy atom. The molecule has 1 N–H and O–H groups in total. The molecule has 0 aliphatic carbocycles. The lowest BCUT2D eigenvalue weighted by Gasteiger charge is -2.14. The average molecular weight is 212 g/mol. The van der Waals surface area contributed by atoms with Gasteiger partial charge in [-0.05, 0) is 30.5 Å². The van der Waals surface area contributed by atoms with Gasteiger partial charge >= 0.3 is 0 Å². The zero-order valence-electron chi connectivity index (χ0n) is 8.89. The molecule has 0 aliphatic rings. The van der Waals surface area contributed by atoms with Crippen LogP contribution in [0.5, 0.6) is 0 Å². The number of hydrogen-bond donors (Lipinski definition) is 1. The summed E-state index contributed by atoms with van der Waals surface area (Å²) < 4.78 is 0. The van der Waals surface area contributed by atoms with E-state index in [2.05, 4.69) is 25.2 Å². The molecule has 0 radical (unpaired) electrons. The van der Waals surface area contributed by atoms with Gasteiger partial charge in [0, 0.05) is 17.6 Å². The van der Waals surface area contributed by atoms with Crippen molar-refractivity contribution in [2.75, 3.05) is 0 Å². The molecule has 0 saturated heterocycles. The lowest BCUT2D eigenvalue weighted by molar-refractivity contribution is 0.484. The molecule has 1 rings (SSSR count). The molecule has 1 nitrogen and oxygen atoms in total. The van der Waals surface area contributed by atoms with Crippen molar-refractivity contribution >= 4 is 11.6 Å². The SMILES string of the molecule is CCC(CC)NCc1cccc(Cl)c1. The summed E-state index contributed by atoms with van der Waals surface area (Å²) in [5.41, 5.74) is 1.25. The van der Waals surface area contributed by atoms with E-state index in [-0.39, 0.29) is 0 Å². The lowest BCUT2D eigenvalue weighted by Crippen LogP contribution is -2.26. The second-order valence-corrected chi connectivity index (χ2v) is 3.96. The highest BCUT2D eigenvalue weighted by Gasteiger charge is 2.01. The first kappa shape index (κ1) is 11.5. The molecule has 14 heavy (non-hydrogen) atoms. The quantitative estimate of drug-likeness (QED) is 0.785. The molecule has 0 unspecified atom stereocenters. The maximum atomic E-state index is 5.90. The number of halogens is 1. The van der Waals surface area contributed by atoms with Crippen molar-refractivity contribution in [2.45, 2.75) is 39.3 Å². The van der Waals surface area contributed by atoms with E-state index in [9.17, 15) is 0 Å². The van der Waals surface area contributed by atoms with Crippen LogP contribution in [0.3, 0.4) is 0 Å². The summed E-state index contributed by atoms with van der Waals surface area (Å²) in [5, 5.41) is 4.32. The monoisotopic (exact) mass is 211 g/mol. The topological polar surface area (TPSA) is 12.0 Å². The Kier molecular flexibility index (Phi) is 4.99. The van der Waals surface area contributed by atoms with Crippen LogP contribution in [0, 0.1) is 0 Å². The third kappa shape index (κ3) is 3.69. The Balaban J connectivity index is 2.44. The zero-order valence-corrected chi connectivity index (χ0v) is 9.64. The van der Waals surface area contributed by atoms with E-state index in [0.29, 0.717) is 6.04 Å². The van der Waals surface area contributed by atoms with E-state index < -0.39 is 0 Å². The fourth-order valence-corrected chi connectivity index (χ4v) is 1.70. The van der Waals surface area contributed by atoms with Gasteiger partial charge in [-0.25, -0.2) is 0 Å². The van der Waals surface area contributed by atoms with Crippen molar-refractivity contribution in [2.24, 2.45) is 0 Å². The van der Waals surface area contributed by atoms with Gasteiger partial charge < -0.3 is 5.32 Å². The van der Waals surface area contributed by atoms with Gasteiger partial charge in [0.1, 0.15) is 0 Å². The van der Waals surface area contributed by atoms with Crippen LogP contribution in [0.25, 0.3) is 0 Å². The van der Waals surface area contributed by atoms with Crippen LogP contribution < -0.4 is 5.32 Å². The van der Waals surface area contributed by atoms with E-state index in [1.165, 1.54) is 18.4 Å². The second-order valence-electron chi connectivity index (χ2n) is 3.52. The molecule has 1 aromatic rings. The summed E-state index contributed by atoms with van der Waals surface area (Å²) in [7, 11) is 0. The van der Waals surface area contributed by atoms with E-state index in [1.807, 2.05) is 18.2 Å². The number of benzene rings is 1. The molecule has 0 atom stereocenters. The van der Waals surface area contributed by atoms with Crippen molar-refractivity contribution in [1.82, 2.24) is 5.32 Å². The highest BCUT2D eigenvalue weighted by atomic mass is 35.5. The van der Waals surface area contributed by atoms with Crippen molar-refractivity contribution in [3.05, 3.63) is 34.9 Å². The third-order valence-electron chi connectivity index (χ3n) is 2.47. The number of rotatable bonds is 5. The van der Waals surface area contributed by atoms with Gasteiger partial charge in [-0.2, -0.15) is 0 Å². The first-order valence-electron chi connectivity index (χ1n) is 5.24. The molecule has 0 heterocycles. The van der Waals surface area contributed by atoms with Gasteiger partial charge in [-0.15, -0.1) is 0 Å². The van der Waals surface area contributed by atoms with Crippen LogP contribution in [0.15, 0.2) is 24.3 Å². The van der Waals surface area contributed by atoms with Crippen LogP contribution >= 0.6 is 11.6 Å². The van der Waals surface area contributed by atoms with Crippen molar-refractivity contribution in [3.63, 3.8) is 0 Å². The summed E-state index contributed by atoms with van der Waals surface area (Å²) in [6.45, 7) is 5.32. The summed E-state index contributed by atoms with van der Waals surface area (Å²) in [6.07, 6.45) is 2.36. The summed E-state index contributed by atoms with van der Waals surface area (Å²) in [4.78, 5) is 0. The number of nitrogens with one attached hydrogen (secondary N) is 1. The Morgan fingerprint density at radius 2 is 2.00 bits per heavy atom. The molecule has 1 aromatic carbocycles. The first-order chi connectivity index (χ1) is 6.76. The van der Waals surface area contributed by atoms with Crippen LogP contribution in [0.1, 0.15) is 32.3 Å². The van der Waals surface area contributed by atoms with Crippen LogP contribution in [0.4, 0.5) is 0 Å². The molecule has 2 heteroatoms. The molecule has 0 fully saturated rings. The second kappa shape index (κ2) is 6.05. The van der Waals surface area contributed by atoms with Crippen LogP contribution in [0.2, 0.25) is 5.02 Å². The Labute approximate surface area is 91.5 Å². The first-order valence-corrected chi connectivity index (χ1v) is 5.61. The normalized spacial score (nSPS) is 10.9. The molecular formula is C12H18ClN. The molecule has 78 valence electrons. The van der Waals surface area contributed by atoms with Gasteiger partial charge in [-0.3, -0.25) is 0 Å². The fraction of sp³-hybridized carbons (Fsp3) is 0.500. The predicted octanol–water partition coefficient (Wildman–Crippen LogP) is 3.62. The summed E-state index contributed by atoms with van der Waals surface area (Å²) in [6, 6.07) is 8.63. The molecule has 0 amide bonds. The van der Waals surface area contributed by atoms with Crippen LogP contribution in [-0.2, 0) is 6.54 Å². The van der Waals surface area contributed by atoms with Gasteiger partial charge in [0.05, 0.1) is 0 Å². The minimum Gasteiger partial charge on any atom is -0.310 e. The highest BCUT2D eigenvalue weighted by Crippen LogP contribution is 2.10. The van der Waals surface area contributed by atoms with E-state index in [4.69, 9.17) is 11.6 Å². The highest BCUT2D eigenvalue weighted by molar-refractivity contribution is 6.30. The van der Waals surface area contributed by atoms with Crippen LogP contribution in [-0.4, -0.2) is 6.04 Å². The smallest absolute Gasteiger partial charge is 0.0409 e. The van der Waals surface area contributed by atoms with Gasteiger partial charge in [0.2, 0.25) is 0 Å². The average Bonchev–Trinajstić information content (AvgIpc) is 2.19. The van der Waals surface area contributed by atoms with Crippen molar-refractivity contribution in [1.29, 1.82) is 0 Å². The standard InChI is InChI=1S/C12H18ClN/c1-3-12(4-2)14-9-10-6-5-7-11(13)8-10/h5-8,12,14H,3-4,9H2,1-2H3. The minimum atomic E-state index is 0.619. The Hall–Kier alpha value is -0.530. The molecular weight excluding hydrogens is 194 g/mol. The number of hydrogen-bond acceptors (Lipinski definition) is 1. The molecule has 0 aliphatic heterocycles. The molecule has 0 aromatic heterocycles. The summed E-state index contributed by atoms with van der Waals surface area (Å²) >= 11 is 5.90. The molecule has 0 bridgehead atoms. The minimum absolute atomic E-state index is 0.619. The molecule has 0 saturated carbocycles. The lowest BCUT2D eigenvalue weighted by atomic mass is 10.1. The largest absolute Gasteiger partial charge is 0.310 e. The van der Waals surface area contributed by atoms with Gasteiger partial charge in [-0.1, -0.05) is 37.6 Å². The maximum absolute atomic E-state index is 5.90.